The highest BCUT2D eigenvalue weighted by Crippen LogP contribution is 2.05. The van der Waals surface area contributed by atoms with Crippen molar-refractivity contribution in [2.45, 2.75) is 6.23 Å². The molecule has 0 aliphatic rings. The van der Waals surface area contributed by atoms with Gasteiger partial charge in [-0.25, -0.2) is 4.79 Å². The molecule has 4 nitrogen and oxygen atoms in total. The van der Waals surface area contributed by atoms with Crippen LogP contribution in [-0.4, -0.2) is 22.4 Å². The second-order valence-corrected chi connectivity index (χ2v) is 2.25. The first-order chi connectivity index (χ1) is 5.70. The first kappa shape index (κ1) is 8.55. The zero-order valence-corrected chi connectivity index (χ0v) is 6.27. The molecule has 0 saturated heterocycles. The summed E-state index contributed by atoms with van der Waals surface area (Å²) < 4.78 is 0. The molecule has 0 spiro atoms. The van der Waals surface area contributed by atoms with Crippen molar-refractivity contribution < 1.29 is 15.0 Å². The summed E-state index contributed by atoms with van der Waals surface area (Å²) in [6, 6.07) is 8.64. The van der Waals surface area contributed by atoms with Gasteiger partial charge in [-0.15, -0.1) is 0 Å². The van der Waals surface area contributed by atoms with Gasteiger partial charge in [-0.05, 0) is 12.1 Å². The molecule has 1 unspecified atom stereocenters. The number of hydrogen-bond acceptors (Lipinski definition) is 3. The van der Waals surface area contributed by atoms with E-state index < -0.39 is 12.2 Å². The summed E-state index contributed by atoms with van der Waals surface area (Å²) >= 11 is 0. The van der Waals surface area contributed by atoms with Crippen molar-refractivity contribution in [3.8, 4) is 0 Å². The minimum absolute atomic E-state index is 0.576. The van der Waals surface area contributed by atoms with Gasteiger partial charge in [0.25, 0.3) is 0 Å². The monoisotopic (exact) mass is 167 g/mol. The van der Waals surface area contributed by atoms with E-state index in [1.165, 1.54) is 0 Å². The highest BCUT2D eigenvalue weighted by Gasteiger charge is 2.11. The molecule has 0 saturated carbocycles. The Balaban J connectivity index is 2.58. The van der Waals surface area contributed by atoms with E-state index in [1.807, 2.05) is 0 Å². The average molecular weight is 167 g/mol. The molecule has 1 aromatic rings. The fourth-order valence-corrected chi connectivity index (χ4v) is 0.754. The van der Waals surface area contributed by atoms with Crippen molar-refractivity contribution in [3.05, 3.63) is 30.3 Å². The number of benzene rings is 1. The van der Waals surface area contributed by atoms with Gasteiger partial charge in [0.2, 0.25) is 6.23 Å². The van der Waals surface area contributed by atoms with Gasteiger partial charge in [-0.3, -0.25) is 0 Å². The highest BCUT2D eigenvalue weighted by atomic mass is 16.4. The lowest BCUT2D eigenvalue weighted by atomic mass is 10.3. The van der Waals surface area contributed by atoms with Gasteiger partial charge in [0, 0.05) is 5.69 Å². The Morgan fingerprint density at radius 2 is 1.92 bits per heavy atom. The van der Waals surface area contributed by atoms with Gasteiger partial charge < -0.3 is 15.5 Å². The number of carboxylic acid groups (broad SMARTS) is 1. The third-order valence-corrected chi connectivity index (χ3v) is 1.31. The van der Waals surface area contributed by atoms with E-state index in [-0.39, 0.29) is 0 Å². The van der Waals surface area contributed by atoms with Crippen LogP contribution in [-0.2, 0) is 4.79 Å². The summed E-state index contributed by atoms with van der Waals surface area (Å²) in [7, 11) is 0. The van der Waals surface area contributed by atoms with Crippen LogP contribution in [0.15, 0.2) is 30.3 Å². The molecule has 0 amide bonds. The summed E-state index contributed by atoms with van der Waals surface area (Å²) in [6.07, 6.45) is -1.55. The number of aliphatic hydroxyl groups is 1. The molecule has 0 radical (unpaired) electrons. The highest BCUT2D eigenvalue weighted by molar-refractivity contribution is 5.75. The van der Waals surface area contributed by atoms with Crippen molar-refractivity contribution in [2.75, 3.05) is 5.32 Å². The molecule has 4 heteroatoms. The molecule has 0 heterocycles. The van der Waals surface area contributed by atoms with Gasteiger partial charge in [0.15, 0.2) is 0 Å². The zero-order chi connectivity index (χ0) is 8.97. The number of aliphatic carboxylic acids is 1. The van der Waals surface area contributed by atoms with Gasteiger partial charge in [-0.1, -0.05) is 18.2 Å². The SMILES string of the molecule is O=C(O)C(O)Nc1ccccc1. The van der Waals surface area contributed by atoms with Crippen molar-refractivity contribution in [3.63, 3.8) is 0 Å². The standard InChI is InChI=1S/C8H9NO3/c10-7(8(11)12)9-6-4-2-1-3-5-6/h1-5,7,9-10H,(H,11,12). The van der Waals surface area contributed by atoms with Crippen LogP contribution in [0.25, 0.3) is 0 Å². The van der Waals surface area contributed by atoms with Gasteiger partial charge in [0.1, 0.15) is 0 Å². The van der Waals surface area contributed by atoms with Crippen molar-refractivity contribution in [1.82, 2.24) is 0 Å². The predicted molar refractivity (Wildman–Crippen MR) is 43.7 cm³/mol. The Bertz CT molecular complexity index is 260. The maximum absolute atomic E-state index is 10.2. The summed E-state index contributed by atoms with van der Waals surface area (Å²) in [6.45, 7) is 0. The largest absolute Gasteiger partial charge is 0.478 e. The molecule has 1 rings (SSSR count). The van der Waals surface area contributed by atoms with E-state index in [0.29, 0.717) is 5.69 Å². The quantitative estimate of drug-likeness (QED) is 0.573. The topological polar surface area (TPSA) is 69.6 Å². The first-order valence-electron chi connectivity index (χ1n) is 3.42. The number of nitrogens with one attached hydrogen (secondary N) is 1. The summed E-state index contributed by atoms with van der Waals surface area (Å²) in [5.41, 5.74) is 0.576. The van der Waals surface area contributed by atoms with E-state index in [1.54, 1.807) is 30.3 Å². The molecule has 0 fully saturated rings. The Hall–Kier alpha value is -1.55. The van der Waals surface area contributed by atoms with Crippen LogP contribution in [0.1, 0.15) is 0 Å². The van der Waals surface area contributed by atoms with Crippen molar-refractivity contribution in [1.29, 1.82) is 0 Å². The molecule has 3 N–H and O–H groups in total. The van der Waals surface area contributed by atoms with E-state index in [9.17, 15) is 4.79 Å². The minimum atomic E-state index is -1.55. The summed E-state index contributed by atoms with van der Waals surface area (Å²) in [5, 5.41) is 19.6. The number of rotatable bonds is 3. The molecule has 12 heavy (non-hydrogen) atoms. The third kappa shape index (κ3) is 2.25. The Labute approximate surface area is 69.5 Å². The van der Waals surface area contributed by atoms with Gasteiger partial charge in [0.05, 0.1) is 0 Å². The molecule has 0 aliphatic carbocycles. The van der Waals surface area contributed by atoms with Gasteiger partial charge in [-0.2, -0.15) is 0 Å². The van der Waals surface area contributed by atoms with E-state index in [0.717, 1.165) is 0 Å². The van der Waals surface area contributed by atoms with E-state index in [4.69, 9.17) is 10.2 Å². The number of hydrogen-bond donors (Lipinski definition) is 3. The smallest absolute Gasteiger partial charge is 0.353 e. The molecular weight excluding hydrogens is 158 g/mol. The van der Waals surface area contributed by atoms with Crippen LogP contribution in [0.5, 0.6) is 0 Å². The van der Waals surface area contributed by atoms with Crippen molar-refractivity contribution >= 4 is 11.7 Å². The number of aliphatic hydroxyl groups excluding tert-OH is 1. The van der Waals surface area contributed by atoms with E-state index in [2.05, 4.69) is 5.32 Å². The van der Waals surface area contributed by atoms with E-state index >= 15 is 0 Å². The fourth-order valence-electron chi connectivity index (χ4n) is 0.754. The lowest BCUT2D eigenvalue weighted by Crippen LogP contribution is -2.28. The number of anilines is 1. The van der Waals surface area contributed by atoms with Crippen LogP contribution >= 0.6 is 0 Å². The predicted octanol–water partition coefficient (Wildman–Crippen LogP) is 0.501. The van der Waals surface area contributed by atoms with Crippen LogP contribution in [0.3, 0.4) is 0 Å². The molecular formula is C8H9NO3. The Morgan fingerprint density at radius 1 is 1.33 bits per heavy atom. The maximum atomic E-state index is 10.2. The Morgan fingerprint density at radius 3 is 2.42 bits per heavy atom. The molecule has 64 valence electrons. The minimum Gasteiger partial charge on any atom is -0.478 e. The van der Waals surface area contributed by atoms with Crippen LogP contribution in [0.2, 0.25) is 0 Å². The molecule has 0 bridgehead atoms. The van der Waals surface area contributed by atoms with Gasteiger partial charge >= 0.3 is 5.97 Å². The lowest BCUT2D eigenvalue weighted by molar-refractivity contribution is -0.145. The number of carbonyl (C=O) groups is 1. The zero-order valence-electron chi connectivity index (χ0n) is 6.27. The third-order valence-electron chi connectivity index (χ3n) is 1.31. The average Bonchev–Trinajstić information content (AvgIpc) is 2.06. The fraction of sp³-hybridized carbons (Fsp3) is 0.125. The summed E-state index contributed by atoms with van der Waals surface area (Å²) in [5.74, 6) is -1.29. The second kappa shape index (κ2) is 3.73. The van der Waals surface area contributed by atoms with Crippen LogP contribution in [0.4, 0.5) is 5.69 Å². The number of carboxylic acids is 1. The lowest BCUT2D eigenvalue weighted by Gasteiger charge is -2.08. The molecule has 1 atom stereocenters. The van der Waals surface area contributed by atoms with Crippen LogP contribution < -0.4 is 5.32 Å². The second-order valence-electron chi connectivity index (χ2n) is 2.25. The molecule has 0 aliphatic heterocycles. The van der Waals surface area contributed by atoms with Crippen molar-refractivity contribution in [2.24, 2.45) is 0 Å². The normalized spacial score (nSPS) is 12.1. The van der Waals surface area contributed by atoms with Crippen LogP contribution in [0, 0.1) is 0 Å². The molecule has 0 aromatic heterocycles. The first-order valence-corrected chi connectivity index (χ1v) is 3.42. The summed E-state index contributed by atoms with van der Waals surface area (Å²) in [4.78, 5) is 10.2. The maximum Gasteiger partial charge on any atom is 0.353 e. The molecule has 1 aromatic carbocycles. The number of para-hydroxylation sites is 1. The Kier molecular flexibility index (Phi) is 2.66.